The molecule has 0 radical (unpaired) electrons. The molecule has 1 saturated carbocycles. The van der Waals surface area contributed by atoms with Crippen LogP contribution in [0.4, 0.5) is 4.39 Å². The minimum absolute atomic E-state index is 0.0160. The minimum Gasteiger partial charge on any atom is -0.292 e. The Kier molecular flexibility index (Phi) is 6.23. The smallest absolute Gasteiger partial charge is 0.273 e. The molecule has 180 valence electrons. The van der Waals surface area contributed by atoms with E-state index in [4.69, 9.17) is 23.2 Å². The Bertz CT molecular complexity index is 1200. The number of benzene rings is 2. The number of carbonyl (C=O) groups excluding carboxylic acids is 4. The lowest BCUT2D eigenvalue weighted by molar-refractivity contribution is -0.157. The minimum atomic E-state index is -1.25. The number of hydrazine groups is 1. The lowest BCUT2D eigenvalue weighted by atomic mass is 9.85. The number of imide groups is 1. The number of allylic oxidation sites excluding steroid dienone is 2. The highest BCUT2D eigenvalue weighted by atomic mass is 35.5. The maximum absolute atomic E-state index is 13.8. The molecular formula is C26H21Cl2FN2O4. The number of alkyl halides is 1. The van der Waals surface area contributed by atoms with E-state index in [1.165, 1.54) is 36.4 Å². The van der Waals surface area contributed by atoms with Gasteiger partial charge >= 0.3 is 0 Å². The van der Waals surface area contributed by atoms with Crippen LogP contribution in [0.5, 0.6) is 0 Å². The zero-order chi connectivity index (χ0) is 24.9. The summed E-state index contributed by atoms with van der Waals surface area (Å²) in [4.78, 5) is 54.6. The first-order valence-electron chi connectivity index (χ1n) is 11.3. The van der Waals surface area contributed by atoms with Gasteiger partial charge in [0.1, 0.15) is 11.9 Å². The maximum Gasteiger partial charge on any atom is 0.273 e. The van der Waals surface area contributed by atoms with Crippen LogP contribution in [0.1, 0.15) is 33.6 Å². The zero-order valence-electron chi connectivity index (χ0n) is 18.4. The molecule has 0 unspecified atom stereocenters. The quantitative estimate of drug-likeness (QED) is 0.235. The molecule has 3 amide bonds. The van der Waals surface area contributed by atoms with Crippen molar-refractivity contribution in [1.82, 2.24) is 10.0 Å². The topological polar surface area (TPSA) is 74.8 Å². The van der Waals surface area contributed by atoms with Crippen molar-refractivity contribution in [3.63, 3.8) is 0 Å². The largest absolute Gasteiger partial charge is 0.292 e. The van der Waals surface area contributed by atoms with Gasteiger partial charge in [-0.25, -0.2) is 9.40 Å². The Morgan fingerprint density at radius 1 is 0.943 bits per heavy atom. The third-order valence-corrected chi connectivity index (χ3v) is 7.54. The summed E-state index contributed by atoms with van der Waals surface area (Å²) in [7, 11) is 0. The van der Waals surface area contributed by atoms with Crippen LogP contribution in [0.25, 0.3) is 0 Å². The van der Waals surface area contributed by atoms with E-state index in [9.17, 15) is 23.6 Å². The standard InChI is InChI=1S/C26H21Cl2FN2O4/c27-12-11-20(23(32)14-5-9-19(29)10-6-14)30(24(33)15-3-7-18(28)8-4-15)31-25(34)21-16-1-2-17(13-16)22(21)26(31)35/h1-10,16-17,20-22H,11-13H2/t16-,17-,20-,21+,22+/m0/s1. The van der Waals surface area contributed by atoms with E-state index in [-0.39, 0.29) is 35.3 Å². The number of ketones is 1. The molecule has 2 aromatic carbocycles. The Morgan fingerprint density at radius 2 is 1.49 bits per heavy atom. The van der Waals surface area contributed by atoms with Crippen molar-refractivity contribution in [3.05, 3.63) is 82.6 Å². The van der Waals surface area contributed by atoms with Gasteiger partial charge in [-0.3, -0.25) is 19.2 Å². The molecule has 0 spiro atoms. The molecule has 0 aromatic heterocycles. The van der Waals surface area contributed by atoms with Gasteiger partial charge in [-0.05, 0) is 73.2 Å². The van der Waals surface area contributed by atoms with Crippen molar-refractivity contribution < 1.29 is 23.6 Å². The molecule has 2 aliphatic carbocycles. The summed E-state index contributed by atoms with van der Waals surface area (Å²) in [5, 5.41) is 2.22. The maximum atomic E-state index is 13.8. The van der Waals surface area contributed by atoms with Crippen molar-refractivity contribution in [2.75, 3.05) is 5.88 Å². The fourth-order valence-electron chi connectivity index (χ4n) is 5.47. The lowest BCUT2D eigenvalue weighted by Gasteiger charge is -2.36. The van der Waals surface area contributed by atoms with Crippen LogP contribution in [0.15, 0.2) is 60.7 Å². The van der Waals surface area contributed by atoms with Gasteiger partial charge in [0, 0.05) is 22.0 Å². The fourth-order valence-corrected chi connectivity index (χ4v) is 5.80. The van der Waals surface area contributed by atoms with Gasteiger partial charge in [0.2, 0.25) is 0 Å². The van der Waals surface area contributed by atoms with Gasteiger partial charge in [0.25, 0.3) is 17.7 Å². The van der Waals surface area contributed by atoms with Crippen LogP contribution in [-0.4, -0.2) is 45.4 Å². The molecule has 6 nitrogen and oxygen atoms in total. The average Bonchev–Trinajstić information content (AvgIpc) is 3.54. The van der Waals surface area contributed by atoms with E-state index in [1.807, 2.05) is 12.2 Å². The van der Waals surface area contributed by atoms with Crippen molar-refractivity contribution in [2.45, 2.75) is 18.9 Å². The summed E-state index contributed by atoms with van der Waals surface area (Å²) >= 11 is 12.0. The average molecular weight is 515 g/mol. The monoisotopic (exact) mass is 514 g/mol. The molecule has 3 aliphatic rings. The van der Waals surface area contributed by atoms with Crippen LogP contribution in [0.2, 0.25) is 5.02 Å². The SMILES string of the molecule is O=C(c1ccc(F)cc1)[C@H](CCCl)N(C(=O)c1ccc(Cl)cc1)N1C(=O)[C@H]2[C@H](C1=O)[C@H]1C=C[C@H]2C1. The molecule has 0 N–H and O–H groups in total. The van der Waals surface area contributed by atoms with E-state index < -0.39 is 47.2 Å². The zero-order valence-corrected chi connectivity index (χ0v) is 20.0. The number of nitrogens with zero attached hydrogens (tertiary/aromatic N) is 2. The van der Waals surface area contributed by atoms with Crippen molar-refractivity contribution in [2.24, 2.45) is 23.7 Å². The molecule has 1 heterocycles. The van der Waals surface area contributed by atoms with Gasteiger partial charge in [-0.1, -0.05) is 23.8 Å². The van der Waals surface area contributed by atoms with Gasteiger partial charge in [-0.15, -0.1) is 11.6 Å². The normalized spacial score (nSPS) is 25.2. The molecule has 1 aliphatic heterocycles. The number of amides is 3. The van der Waals surface area contributed by atoms with E-state index >= 15 is 0 Å². The Labute approximate surface area is 211 Å². The Morgan fingerprint density at radius 3 is 2.03 bits per heavy atom. The second kappa shape index (κ2) is 9.21. The lowest BCUT2D eigenvalue weighted by Crippen LogP contribution is -2.58. The van der Waals surface area contributed by atoms with Crippen LogP contribution >= 0.6 is 23.2 Å². The number of Topliss-reactive ketones (excluding diaryl/α,β-unsaturated/α-hetero) is 1. The predicted octanol–water partition coefficient (Wildman–Crippen LogP) is 4.52. The summed E-state index contributed by atoms with van der Waals surface area (Å²) in [5.74, 6) is -4.04. The third-order valence-electron chi connectivity index (χ3n) is 7.07. The van der Waals surface area contributed by atoms with Crippen molar-refractivity contribution >= 4 is 46.7 Å². The number of hydrogen-bond donors (Lipinski definition) is 0. The summed E-state index contributed by atoms with van der Waals surface area (Å²) in [6.45, 7) is 0. The first kappa shape index (κ1) is 23.7. The molecular weight excluding hydrogens is 494 g/mol. The highest BCUT2D eigenvalue weighted by Gasteiger charge is 2.62. The second-order valence-electron chi connectivity index (χ2n) is 9.01. The number of hydrogen-bond acceptors (Lipinski definition) is 4. The van der Waals surface area contributed by atoms with E-state index in [0.717, 1.165) is 28.6 Å². The molecule has 2 bridgehead atoms. The molecule has 2 fully saturated rings. The number of rotatable bonds is 7. The highest BCUT2D eigenvalue weighted by molar-refractivity contribution is 6.30. The van der Waals surface area contributed by atoms with Gasteiger partial charge in [0.05, 0.1) is 11.8 Å². The van der Waals surface area contributed by atoms with Gasteiger partial charge in [-0.2, -0.15) is 5.01 Å². The molecule has 5 rings (SSSR count). The Balaban J connectivity index is 1.59. The summed E-state index contributed by atoms with van der Waals surface area (Å²) in [6, 6.07) is 9.58. The first-order chi connectivity index (χ1) is 16.8. The second-order valence-corrected chi connectivity index (χ2v) is 9.82. The van der Waals surface area contributed by atoms with Crippen molar-refractivity contribution in [1.29, 1.82) is 0 Å². The van der Waals surface area contributed by atoms with E-state index in [1.54, 1.807) is 0 Å². The summed E-state index contributed by atoms with van der Waals surface area (Å²) in [5.41, 5.74) is 0.288. The number of carbonyl (C=O) groups is 4. The predicted molar refractivity (Wildman–Crippen MR) is 127 cm³/mol. The number of halogens is 3. The third kappa shape index (κ3) is 3.96. The van der Waals surface area contributed by atoms with Crippen LogP contribution in [0.3, 0.4) is 0 Å². The van der Waals surface area contributed by atoms with Gasteiger partial charge < -0.3 is 0 Å². The van der Waals surface area contributed by atoms with E-state index in [2.05, 4.69) is 0 Å². The first-order valence-corrected chi connectivity index (χ1v) is 12.2. The molecule has 35 heavy (non-hydrogen) atoms. The van der Waals surface area contributed by atoms with Crippen LogP contribution < -0.4 is 0 Å². The van der Waals surface area contributed by atoms with Crippen LogP contribution in [0, 0.1) is 29.5 Å². The van der Waals surface area contributed by atoms with Gasteiger partial charge in [0.15, 0.2) is 5.78 Å². The molecule has 5 atom stereocenters. The van der Waals surface area contributed by atoms with Crippen LogP contribution in [-0.2, 0) is 9.59 Å². The molecule has 2 aromatic rings. The Hall–Kier alpha value is -3.03. The summed E-state index contributed by atoms with van der Waals surface area (Å²) in [6.07, 6.45) is 4.61. The summed E-state index contributed by atoms with van der Waals surface area (Å²) < 4.78 is 13.5. The fraction of sp³-hybridized carbons (Fsp3) is 0.308. The van der Waals surface area contributed by atoms with E-state index in [0.29, 0.717) is 5.02 Å². The highest BCUT2D eigenvalue weighted by Crippen LogP contribution is 2.53. The molecule has 1 saturated heterocycles. The van der Waals surface area contributed by atoms with Crippen molar-refractivity contribution in [3.8, 4) is 0 Å². The molecule has 9 heteroatoms. The number of fused-ring (bicyclic) bond motifs is 5.